The van der Waals surface area contributed by atoms with Gasteiger partial charge < -0.3 is 4.74 Å². The van der Waals surface area contributed by atoms with Crippen molar-refractivity contribution in [3.8, 4) is 5.75 Å². The third-order valence-electron chi connectivity index (χ3n) is 4.10. The Morgan fingerprint density at radius 3 is 2.52 bits per heavy atom. The topological polar surface area (TPSA) is 85.6 Å². The molecule has 0 radical (unpaired) electrons. The van der Waals surface area contributed by atoms with Crippen molar-refractivity contribution in [1.29, 1.82) is 0 Å². The Labute approximate surface area is 175 Å². The van der Waals surface area contributed by atoms with E-state index in [1.165, 1.54) is 18.3 Å². The van der Waals surface area contributed by atoms with Crippen LogP contribution in [-0.4, -0.2) is 31.0 Å². The van der Waals surface area contributed by atoms with E-state index in [1.807, 2.05) is 37.3 Å². The lowest BCUT2D eigenvalue weighted by molar-refractivity contribution is 0.340. The molecule has 0 aliphatic heterocycles. The average molecular weight is 433 g/mol. The number of sulfonamides is 1. The van der Waals surface area contributed by atoms with Crippen molar-refractivity contribution in [2.45, 2.75) is 25.3 Å². The summed E-state index contributed by atoms with van der Waals surface area (Å²) in [6.45, 7) is 4.66. The second-order valence-corrected chi connectivity index (χ2v) is 8.21. The molecule has 29 heavy (non-hydrogen) atoms. The Hall–Kier alpha value is -2.84. The van der Waals surface area contributed by atoms with Gasteiger partial charge in [-0.05, 0) is 43.7 Å². The van der Waals surface area contributed by atoms with E-state index in [-0.39, 0.29) is 4.90 Å². The Bertz CT molecular complexity index is 1090. The fraction of sp³-hybridized carbons (Fsp3) is 0.200. The number of aryl methyl sites for hydroxylation is 1. The van der Waals surface area contributed by atoms with E-state index in [0.717, 1.165) is 5.56 Å². The van der Waals surface area contributed by atoms with Gasteiger partial charge in [-0.15, -0.1) is 0 Å². The normalized spacial score (nSPS) is 11.7. The molecule has 0 aliphatic carbocycles. The summed E-state index contributed by atoms with van der Waals surface area (Å²) in [5.41, 5.74) is 2.25. The van der Waals surface area contributed by atoms with E-state index in [9.17, 15) is 8.42 Å². The molecule has 0 unspecified atom stereocenters. The number of hydrogen-bond acceptors (Lipinski definition) is 5. The number of halogens is 1. The summed E-state index contributed by atoms with van der Waals surface area (Å²) in [5.74, 6) is 0.600. The molecule has 0 aliphatic rings. The molecule has 3 rings (SSSR count). The molecule has 0 saturated carbocycles. The molecular weight excluding hydrogens is 412 g/mol. The van der Waals surface area contributed by atoms with Crippen molar-refractivity contribution in [3.05, 3.63) is 76.6 Å². The van der Waals surface area contributed by atoms with Gasteiger partial charge in [0.1, 0.15) is 10.9 Å². The summed E-state index contributed by atoms with van der Waals surface area (Å²) in [7, 11) is -3.80. The Morgan fingerprint density at radius 1 is 1.17 bits per heavy atom. The molecule has 1 N–H and O–H groups in total. The van der Waals surface area contributed by atoms with Crippen molar-refractivity contribution in [1.82, 2.24) is 14.6 Å². The van der Waals surface area contributed by atoms with Crippen LogP contribution in [0.3, 0.4) is 0 Å². The summed E-state index contributed by atoms with van der Waals surface area (Å²) in [4.78, 5) is 2.28. The molecular formula is C20H21ClN4O3S. The van der Waals surface area contributed by atoms with Gasteiger partial charge in [-0.2, -0.15) is 18.6 Å². The first-order valence-corrected chi connectivity index (χ1v) is 10.8. The molecule has 3 aromatic rings. The summed E-state index contributed by atoms with van der Waals surface area (Å²) in [6, 6.07) is 15.9. The number of aromatic nitrogens is 2. The molecule has 0 saturated heterocycles. The molecule has 0 atom stereocenters. The lowest BCUT2D eigenvalue weighted by Gasteiger charge is -2.06. The highest BCUT2D eigenvalue weighted by molar-refractivity contribution is 7.89. The Kier molecular flexibility index (Phi) is 6.56. The maximum atomic E-state index is 12.4. The van der Waals surface area contributed by atoms with Gasteiger partial charge in [0.2, 0.25) is 0 Å². The zero-order valence-electron chi connectivity index (χ0n) is 16.0. The van der Waals surface area contributed by atoms with Gasteiger partial charge in [-0.25, -0.2) is 9.51 Å². The van der Waals surface area contributed by atoms with Gasteiger partial charge in [0.05, 0.1) is 35.5 Å². The fourth-order valence-electron chi connectivity index (χ4n) is 2.67. The van der Waals surface area contributed by atoms with Crippen LogP contribution in [-0.2, 0) is 16.6 Å². The van der Waals surface area contributed by atoms with Gasteiger partial charge in [0.15, 0.2) is 0 Å². The Balaban J connectivity index is 1.72. The number of nitrogens with zero attached hydrogens (tertiary/aromatic N) is 3. The summed E-state index contributed by atoms with van der Waals surface area (Å²) < 4.78 is 31.7. The summed E-state index contributed by atoms with van der Waals surface area (Å²) in [6.07, 6.45) is 1.36. The third-order valence-corrected chi connectivity index (χ3v) is 5.73. The van der Waals surface area contributed by atoms with E-state index in [0.29, 0.717) is 35.3 Å². The first-order chi connectivity index (χ1) is 13.9. The van der Waals surface area contributed by atoms with E-state index < -0.39 is 10.0 Å². The van der Waals surface area contributed by atoms with Crippen molar-refractivity contribution >= 4 is 27.8 Å². The van der Waals surface area contributed by atoms with Gasteiger partial charge in [-0.1, -0.05) is 41.9 Å². The second-order valence-electron chi connectivity index (χ2n) is 6.19. The van der Waals surface area contributed by atoms with E-state index >= 15 is 0 Å². The molecule has 2 aromatic carbocycles. The standard InChI is InChI=1S/C20H21ClN4O3S/c1-3-28-17-9-11-18(12-10-17)29(26,27)24-22-13-19-15(2)23-25(20(19)21)14-16-7-5-4-6-8-16/h4-13,24H,3,14H2,1-2H3/b22-13+. The average Bonchev–Trinajstić information content (AvgIpc) is 2.97. The highest BCUT2D eigenvalue weighted by Gasteiger charge is 2.15. The van der Waals surface area contributed by atoms with Crippen LogP contribution in [0, 0.1) is 6.92 Å². The highest BCUT2D eigenvalue weighted by Crippen LogP contribution is 2.19. The minimum absolute atomic E-state index is 0.0840. The molecule has 0 fully saturated rings. The molecule has 1 heterocycles. The van der Waals surface area contributed by atoms with Crippen LogP contribution in [0.15, 0.2) is 64.6 Å². The molecule has 0 bridgehead atoms. The minimum Gasteiger partial charge on any atom is -0.494 e. The van der Waals surface area contributed by atoms with Crippen molar-refractivity contribution < 1.29 is 13.2 Å². The van der Waals surface area contributed by atoms with Gasteiger partial charge in [-0.3, -0.25) is 0 Å². The van der Waals surface area contributed by atoms with Crippen LogP contribution in [0.4, 0.5) is 0 Å². The summed E-state index contributed by atoms with van der Waals surface area (Å²) >= 11 is 6.41. The number of nitrogens with one attached hydrogen (secondary N) is 1. The lowest BCUT2D eigenvalue weighted by atomic mass is 10.2. The van der Waals surface area contributed by atoms with Crippen LogP contribution in [0.5, 0.6) is 5.75 Å². The van der Waals surface area contributed by atoms with E-state index in [1.54, 1.807) is 23.7 Å². The van der Waals surface area contributed by atoms with Crippen LogP contribution in [0.2, 0.25) is 5.15 Å². The largest absolute Gasteiger partial charge is 0.494 e. The number of ether oxygens (including phenoxy) is 1. The zero-order valence-corrected chi connectivity index (χ0v) is 17.6. The van der Waals surface area contributed by atoms with E-state index in [2.05, 4.69) is 15.0 Å². The fourth-order valence-corrected chi connectivity index (χ4v) is 3.74. The molecule has 152 valence electrons. The molecule has 9 heteroatoms. The summed E-state index contributed by atoms with van der Waals surface area (Å²) in [5, 5.41) is 8.65. The lowest BCUT2D eigenvalue weighted by Crippen LogP contribution is -2.18. The maximum absolute atomic E-state index is 12.4. The molecule has 7 nitrogen and oxygen atoms in total. The second kappa shape index (κ2) is 9.11. The maximum Gasteiger partial charge on any atom is 0.276 e. The van der Waals surface area contributed by atoms with Crippen LogP contribution in [0.25, 0.3) is 0 Å². The van der Waals surface area contributed by atoms with Gasteiger partial charge >= 0.3 is 0 Å². The predicted octanol–water partition coefficient (Wildman–Crippen LogP) is 3.60. The minimum atomic E-state index is -3.80. The number of hydrogen-bond donors (Lipinski definition) is 1. The quantitative estimate of drug-likeness (QED) is 0.435. The first-order valence-electron chi connectivity index (χ1n) is 8.95. The molecule has 0 spiro atoms. The zero-order chi connectivity index (χ0) is 20.9. The number of benzene rings is 2. The smallest absolute Gasteiger partial charge is 0.276 e. The first kappa shape index (κ1) is 20.9. The third kappa shape index (κ3) is 5.16. The molecule has 1 aromatic heterocycles. The van der Waals surface area contributed by atoms with Crippen LogP contribution in [0.1, 0.15) is 23.7 Å². The van der Waals surface area contributed by atoms with Crippen LogP contribution >= 0.6 is 11.6 Å². The van der Waals surface area contributed by atoms with Crippen molar-refractivity contribution in [3.63, 3.8) is 0 Å². The van der Waals surface area contributed by atoms with Crippen molar-refractivity contribution in [2.75, 3.05) is 6.61 Å². The van der Waals surface area contributed by atoms with Crippen LogP contribution < -0.4 is 9.57 Å². The van der Waals surface area contributed by atoms with Gasteiger partial charge in [0, 0.05) is 0 Å². The SMILES string of the molecule is CCOc1ccc(S(=O)(=O)N/N=C/c2c(C)nn(Cc3ccccc3)c2Cl)cc1. The molecule has 0 amide bonds. The number of hydrazone groups is 1. The Morgan fingerprint density at radius 2 is 1.86 bits per heavy atom. The highest BCUT2D eigenvalue weighted by atomic mass is 35.5. The number of rotatable bonds is 8. The van der Waals surface area contributed by atoms with E-state index in [4.69, 9.17) is 16.3 Å². The van der Waals surface area contributed by atoms with Crippen molar-refractivity contribution in [2.24, 2.45) is 5.10 Å². The monoisotopic (exact) mass is 432 g/mol. The predicted molar refractivity (Wildman–Crippen MR) is 113 cm³/mol. The van der Waals surface area contributed by atoms with Gasteiger partial charge in [0.25, 0.3) is 10.0 Å².